The van der Waals surface area contributed by atoms with Crippen molar-refractivity contribution in [3.05, 3.63) is 33.1 Å². The number of aliphatic hydroxyl groups is 1. The van der Waals surface area contributed by atoms with E-state index in [2.05, 4.69) is 4.98 Å². The molecule has 0 aliphatic carbocycles. The van der Waals surface area contributed by atoms with Crippen LogP contribution >= 0.6 is 0 Å². The highest BCUT2D eigenvalue weighted by molar-refractivity contribution is 7.85. The van der Waals surface area contributed by atoms with E-state index < -0.39 is 66.0 Å². The van der Waals surface area contributed by atoms with Gasteiger partial charge in [-0.05, 0) is 20.8 Å². The third-order valence-electron chi connectivity index (χ3n) is 4.86. The van der Waals surface area contributed by atoms with Crippen molar-refractivity contribution >= 4 is 18.9 Å². The van der Waals surface area contributed by atoms with Gasteiger partial charge in [-0.2, -0.15) is 8.42 Å². The van der Waals surface area contributed by atoms with Crippen molar-refractivity contribution in [3.8, 4) is 0 Å². The lowest BCUT2D eigenvalue weighted by atomic mass is 9.97. The SMILES string of the molecule is C[SiH](C)[C@]1(n2ccc(=O)[nH]c2=O)C[C@H](OC(C)(C)C)[C@](CO)(COS(C)(=O)=O)O1. The topological polar surface area (TPSA) is 137 Å². The summed E-state index contributed by atoms with van der Waals surface area (Å²) in [5.74, 6) is 0. The molecule has 1 aromatic heterocycles. The van der Waals surface area contributed by atoms with Gasteiger partial charge in [0.1, 0.15) is 17.6 Å². The van der Waals surface area contributed by atoms with Gasteiger partial charge >= 0.3 is 5.69 Å². The zero-order chi connectivity index (χ0) is 22.3. The van der Waals surface area contributed by atoms with Crippen LogP contribution in [0.3, 0.4) is 0 Å². The molecule has 0 amide bonds. The maximum absolute atomic E-state index is 12.6. The average molecular weight is 451 g/mol. The number of hydrogen-bond donors (Lipinski definition) is 2. The van der Waals surface area contributed by atoms with Crippen LogP contribution in [-0.2, 0) is 29.1 Å². The van der Waals surface area contributed by atoms with Gasteiger partial charge in [0.15, 0.2) is 0 Å². The molecule has 0 aromatic carbocycles. The maximum atomic E-state index is 12.6. The van der Waals surface area contributed by atoms with E-state index in [0.29, 0.717) is 0 Å². The van der Waals surface area contributed by atoms with Crippen LogP contribution in [-0.4, -0.2) is 68.6 Å². The summed E-state index contributed by atoms with van der Waals surface area (Å²) in [6, 6.07) is 1.22. The van der Waals surface area contributed by atoms with Crippen LogP contribution in [0.25, 0.3) is 0 Å². The quantitative estimate of drug-likeness (QED) is 0.420. The first-order chi connectivity index (χ1) is 13.1. The monoisotopic (exact) mass is 450 g/mol. The Hall–Kier alpha value is -1.31. The highest BCUT2D eigenvalue weighted by Gasteiger charge is 2.60. The van der Waals surface area contributed by atoms with Gasteiger partial charge in [-0.15, -0.1) is 0 Å². The molecule has 1 aromatic rings. The van der Waals surface area contributed by atoms with Crippen molar-refractivity contribution in [3.63, 3.8) is 0 Å². The molecule has 1 saturated heterocycles. The fourth-order valence-corrected chi connectivity index (χ4v) is 5.82. The lowest BCUT2D eigenvalue weighted by Crippen LogP contribution is -2.55. The summed E-state index contributed by atoms with van der Waals surface area (Å²) in [4.78, 5) is 26.3. The second-order valence-electron chi connectivity index (χ2n) is 8.69. The molecule has 0 unspecified atom stereocenters. The van der Waals surface area contributed by atoms with Crippen molar-refractivity contribution < 1.29 is 27.2 Å². The Morgan fingerprint density at radius 3 is 2.45 bits per heavy atom. The molecule has 1 aliphatic rings. The van der Waals surface area contributed by atoms with Crippen molar-refractivity contribution in [2.75, 3.05) is 19.5 Å². The Bertz CT molecular complexity index is 951. The lowest BCUT2D eigenvalue weighted by molar-refractivity contribution is -0.188. The molecule has 2 N–H and O–H groups in total. The number of ether oxygens (including phenoxy) is 2. The first-order valence-electron chi connectivity index (χ1n) is 9.30. The molecule has 1 aliphatic heterocycles. The first kappa shape index (κ1) is 24.0. The second-order valence-corrected chi connectivity index (χ2v) is 13.5. The van der Waals surface area contributed by atoms with E-state index >= 15 is 0 Å². The Balaban J connectivity index is 2.63. The third kappa shape index (κ3) is 5.24. The molecule has 0 saturated carbocycles. The number of aromatic nitrogens is 2. The van der Waals surface area contributed by atoms with Crippen LogP contribution in [0.4, 0.5) is 0 Å². The fraction of sp³-hybridized carbons (Fsp3) is 0.765. The number of aromatic amines is 1. The Morgan fingerprint density at radius 1 is 1.38 bits per heavy atom. The van der Waals surface area contributed by atoms with Gasteiger partial charge in [0.25, 0.3) is 15.7 Å². The van der Waals surface area contributed by atoms with Gasteiger partial charge in [-0.3, -0.25) is 18.5 Å². The van der Waals surface area contributed by atoms with E-state index in [1.807, 2.05) is 33.9 Å². The molecule has 10 nitrogen and oxygen atoms in total. The van der Waals surface area contributed by atoms with E-state index in [-0.39, 0.29) is 6.42 Å². The summed E-state index contributed by atoms with van der Waals surface area (Å²) in [7, 11) is -5.69. The van der Waals surface area contributed by atoms with Crippen LogP contribution in [0.5, 0.6) is 0 Å². The molecule has 12 heteroatoms. The fourth-order valence-electron chi connectivity index (χ4n) is 3.49. The molecule has 0 radical (unpaired) electrons. The van der Waals surface area contributed by atoms with Crippen LogP contribution < -0.4 is 11.2 Å². The van der Waals surface area contributed by atoms with Crippen LogP contribution in [0, 0.1) is 0 Å². The molecule has 0 spiro atoms. The number of nitrogens with one attached hydrogen (secondary N) is 1. The Labute approximate surface area is 171 Å². The minimum atomic E-state index is -3.81. The highest BCUT2D eigenvalue weighted by atomic mass is 32.2. The number of H-pyrrole nitrogens is 1. The number of aliphatic hydroxyl groups excluding tert-OH is 1. The van der Waals surface area contributed by atoms with Crippen molar-refractivity contribution in [1.29, 1.82) is 0 Å². The molecule has 1 fully saturated rings. The van der Waals surface area contributed by atoms with E-state index in [0.717, 1.165) is 6.26 Å². The van der Waals surface area contributed by atoms with Crippen molar-refractivity contribution in [2.24, 2.45) is 0 Å². The summed E-state index contributed by atoms with van der Waals surface area (Å²) < 4.78 is 42.0. The number of rotatable bonds is 7. The number of hydrogen-bond acceptors (Lipinski definition) is 8. The van der Waals surface area contributed by atoms with Crippen LogP contribution in [0.15, 0.2) is 21.9 Å². The number of nitrogens with zero attached hydrogens (tertiary/aromatic N) is 1. The second kappa shape index (κ2) is 8.08. The average Bonchev–Trinajstić information content (AvgIpc) is 2.86. The summed E-state index contributed by atoms with van der Waals surface area (Å²) in [6.07, 6.45) is 1.69. The minimum absolute atomic E-state index is 0.188. The molecule has 166 valence electrons. The van der Waals surface area contributed by atoms with Gasteiger partial charge in [0, 0.05) is 18.7 Å². The van der Waals surface area contributed by atoms with Crippen molar-refractivity contribution in [1.82, 2.24) is 9.55 Å². The molecule has 2 heterocycles. The zero-order valence-electron chi connectivity index (χ0n) is 17.6. The first-order valence-corrected chi connectivity index (χ1v) is 14.0. The highest BCUT2D eigenvalue weighted by Crippen LogP contribution is 2.45. The lowest BCUT2D eigenvalue weighted by Gasteiger charge is -2.38. The molecule has 29 heavy (non-hydrogen) atoms. The largest absolute Gasteiger partial charge is 0.393 e. The molecule has 3 atom stereocenters. The summed E-state index contributed by atoms with van der Waals surface area (Å²) in [5, 5.41) is 9.08. The summed E-state index contributed by atoms with van der Waals surface area (Å²) in [5.41, 5.74) is -3.33. The molecule has 0 bridgehead atoms. The van der Waals surface area contributed by atoms with E-state index in [1.165, 1.54) is 16.8 Å². The van der Waals surface area contributed by atoms with E-state index in [1.54, 1.807) is 0 Å². The third-order valence-corrected chi connectivity index (χ3v) is 7.84. The smallest absolute Gasteiger partial charge is 0.330 e. The normalized spacial score (nSPS) is 28.2. The minimum Gasteiger partial charge on any atom is -0.393 e. The van der Waals surface area contributed by atoms with Crippen LogP contribution in [0.2, 0.25) is 13.1 Å². The maximum Gasteiger partial charge on any atom is 0.330 e. The Kier molecular flexibility index (Phi) is 6.67. The van der Waals surface area contributed by atoms with Gasteiger partial charge in [-0.25, -0.2) is 4.79 Å². The summed E-state index contributed by atoms with van der Waals surface area (Å²) in [6.45, 7) is 8.34. The standard InChI is InChI=1S/C17H30N2O8SSi/c1-15(2,3)26-12-9-17(29(5)6,19-8-7-13(21)18-14(19)22)27-16(12,10-20)11-25-28(4,23)24/h7-8,12,20,29H,9-11H2,1-6H3,(H,18,21,22)/t12-,16-,17-/m0/s1. The predicted octanol–water partition coefficient (Wildman–Crippen LogP) is -0.473. The van der Waals surface area contributed by atoms with Crippen molar-refractivity contribution in [2.45, 2.75) is 62.9 Å². The van der Waals surface area contributed by atoms with Crippen LogP contribution in [0.1, 0.15) is 27.2 Å². The molecular formula is C17H30N2O8SSi. The molecule has 2 rings (SSSR count). The van der Waals surface area contributed by atoms with Gasteiger partial charge in [0.2, 0.25) is 0 Å². The zero-order valence-corrected chi connectivity index (χ0v) is 19.6. The van der Waals surface area contributed by atoms with Gasteiger partial charge < -0.3 is 14.6 Å². The Morgan fingerprint density at radius 2 is 2.00 bits per heavy atom. The molecular weight excluding hydrogens is 420 g/mol. The van der Waals surface area contributed by atoms with E-state index in [4.69, 9.17) is 13.7 Å². The van der Waals surface area contributed by atoms with Gasteiger partial charge in [-0.1, -0.05) is 13.1 Å². The van der Waals surface area contributed by atoms with E-state index in [9.17, 15) is 23.1 Å². The summed E-state index contributed by atoms with van der Waals surface area (Å²) >= 11 is 0. The predicted molar refractivity (Wildman–Crippen MR) is 109 cm³/mol. The van der Waals surface area contributed by atoms with Gasteiger partial charge in [0.05, 0.1) is 33.4 Å².